The summed E-state index contributed by atoms with van der Waals surface area (Å²) in [6.45, 7) is 1.69. The topological polar surface area (TPSA) is 81.7 Å². The number of anilines is 2. The number of ether oxygens (including phenoxy) is 3. The molecule has 5 rings (SSSR count). The molecule has 1 amide bonds. The largest absolute Gasteiger partial charge is 0.454 e. The van der Waals surface area contributed by atoms with Gasteiger partial charge in [0.15, 0.2) is 16.6 Å². The first-order valence-electron chi connectivity index (χ1n) is 9.89. The Kier molecular flexibility index (Phi) is 5.25. The average Bonchev–Trinajstić information content (AvgIpc) is 3.53. The number of nitrogens with zero attached hydrogens (tertiary/aromatic N) is 1. The maximum atomic E-state index is 13.1. The van der Waals surface area contributed by atoms with Crippen LogP contribution in [-0.4, -0.2) is 36.9 Å². The van der Waals surface area contributed by atoms with Crippen LogP contribution in [0, 0.1) is 0 Å². The highest BCUT2D eigenvalue weighted by Gasteiger charge is 2.22. The molecule has 30 heavy (non-hydrogen) atoms. The van der Waals surface area contributed by atoms with Crippen LogP contribution in [0.1, 0.15) is 22.5 Å². The van der Waals surface area contributed by atoms with Gasteiger partial charge in [-0.1, -0.05) is 41.7 Å². The summed E-state index contributed by atoms with van der Waals surface area (Å²) in [5, 5.41) is 7.00. The molecule has 0 unspecified atom stereocenters. The van der Waals surface area contributed by atoms with E-state index in [1.807, 2.05) is 30.3 Å². The second-order valence-corrected chi connectivity index (χ2v) is 8.10. The van der Waals surface area contributed by atoms with E-state index in [4.69, 9.17) is 19.2 Å². The zero-order valence-electron chi connectivity index (χ0n) is 16.2. The molecule has 1 saturated heterocycles. The Morgan fingerprint density at radius 1 is 1.13 bits per heavy atom. The SMILES string of the molecule is O=C(Nc1ccc2c(c1)OCO2)c1sc(NC[C@H]2CCCO2)nc1-c1ccccc1. The standard InChI is InChI=1S/C22H21N3O4S/c26-21(24-15-8-9-17-18(11-15)29-13-28-17)20-19(14-5-2-1-3-6-14)25-22(30-20)23-12-16-7-4-10-27-16/h1-3,5-6,8-9,11,16H,4,7,10,12-13H2,(H,23,25)(H,24,26)/t16-/m1/s1. The highest BCUT2D eigenvalue weighted by molar-refractivity contribution is 7.18. The molecule has 2 N–H and O–H groups in total. The molecule has 3 heterocycles. The molecule has 0 spiro atoms. The summed E-state index contributed by atoms with van der Waals surface area (Å²) < 4.78 is 16.4. The number of nitrogens with one attached hydrogen (secondary N) is 2. The number of fused-ring (bicyclic) bond motifs is 1. The third kappa shape index (κ3) is 3.96. The van der Waals surface area contributed by atoms with E-state index in [1.165, 1.54) is 11.3 Å². The van der Waals surface area contributed by atoms with Crippen LogP contribution in [0.25, 0.3) is 11.3 Å². The molecule has 3 aromatic rings. The molecule has 0 saturated carbocycles. The van der Waals surface area contributed by atoms with Gasteiger partial charge in [0.05, 0.1) is 11.8 Å². The van der Waals surface area contributed by atoms with E-state index in [0.717, 1.165) is 25.0 Å². The Balaban J connectivity index is 1.39. The van der Waals surface area contributed by atoms with Gasteiger partial charge in [0.25, 0.3) is 5.91 Å². The van der Waals surface area contributed by atoms with Crippen molar-refractivity contribution < 1.29 is 19.0 Å². The van der Waals surface area contributed by atoms with Gasteiger partial charge < -0.3 is 24.8 Å². The van der Waals surface area contributed by atoms with Crippen LogP contribution in [0.3, 0.4) is 0 Å². The summed E-state index contributed by atoms with van der Waals surface area (Å²) in [5.41, 5.74) is 2.20. The van der Waals surface area contributed by atoms with Gasteiger partial charge in [-0.3, -0.25) is 4.79 Å². The minimum Gasteiger partial charge on any atom is -0.454 e. The second-order valence-electron chi connectivity index (χ2n) is 7.10. The third-order valence-corrected chi connectivity index (χ3v) is 6.03. The number of benzene rings is 2. The molecule has 8 heteroatoms. The number of rotatable bonds is 6. The van der Waals surface area contributed by atoms with Crippen LogP contribution >= 0.6 is 11.3 Å². The van der Waals surface area contributed by atoms with Gasteiger partial charge >= 0.3 is 0 Å². The molecule has 1 aromatic heterocycles. The molecule has 7 nitrogen and oxygen atoms in total. The number of carbonyl (C=O) groups is 1. The predicted molar refractivity (Wildman–Crippen MR) is 116 cm³/mol. The first-order valence-corrected chi connectivity index (χ1v) is 10.7. The fourth-order valence-electron chi connectivity index (χ4n) is 3.51. The van der Waals surface area contributed by atoms with Crippen LogP contribution in [0.4, 0.5) is 10.8 Å². The second kappa shape index (κ2) is 8.33. The summed E-state index contributed by atoms with van der Waals surface area (Å²) >= 11 is 1.34. The monoisotopic (exact) mass is 423 g/mol. The molecular formula is C22H21N3O4S. The first-order chi connectivity index (χ1) is 14.8. The van der Waals surface area contributed by atoms with Crippen molar-refractivity contribution in [3.8, 4) is 22.8 Å². The van der Waals surface area contributed by atoms with Crippen molar-refractivity contribution in [1.82, 2.24) is 4.98 Å². The fourth-order valence-corrected chi connectivity index (χ4v) is 4.40. The lowest BCUT2D eigenvalue weighted by atomic mass is 10.1. The zero-order valence-corrected chi connectivity index (χ0v) is 17.0. The fraction of sp³-hybridized carbons (Fsp3) is 0.273. The molecule has 0 bridgehead atoms. The molecule has 2 aliphatic heterocycles. The summed E-state index contributed by atoms with van der Waals surface area (Å²) in [6.07, 6.45) is 2.32. The number of carbonyl (C=O) groups excluding carboxylic acids is 1. The highest BCUT2D eigenvalue weighted by atomic mass is 32.1. The van der Waals surface area contributed by atoms with Crippen LogP contribution < -0.4 is 20.1 Å². The smallest absolute Gasteiger partial charge is 0.268 e. The van der Waals surface area contributed by atoms with E-state index in [-0.39, 0.29) is 18.8 Å². The summed E-state index contributed by atoms with van der Waals surface area (Å²) in [6, 6.07) is 15.1. The van der Waals surface area contributed by atoms with Gasteiger partial charge in [-0.05, 0) is 25.0 Å². The molecule has 1 atom stereocenters. The Morgan fingerprint density at radius 2 is 2.00 bits per heavy atom. The third-order valence-electron chi connectivity index (χ3n) is 5.02. The number of thiazole rings is 1. The summed E-state index contributed by atoms with van der Waals surface area (Å²) in [7, 11) is 0. The van der Waals surface area contributed by atoms with Crippen molar-refractivity contribution in [2.45, 2.75) is 18.9 Å². The maximum absolute atomic E-state index is 13.1. The van der Waals surface area contributed by atoms with E-state index in [2.05, 4.69) is 10.6 Å². The van der Waals surface area contributed by atoms with Gasteiger partial charge in [0.2, 0.25) is 6.79 Å². The molecule has 2 aromatic carbocycles. The van der Waals surface area contributed by atoms with Gasteiger partial charge in [-0.2, -0.15) is 0 Å². The van der Waals surface area contributed by atoms with Crippen molar-refractivity contribution in [2.75, 3.05) is 30.6 Å². The van der Waals surface area contributed by atoms with Crippen LogP contribution in [0.2, 0.25) is 0 Å². The van der Waals surface area contributed by atoms with Gasteiger partial charge in [0.1, 0.15) is 4.88 Å². The first kappa shape index (κ1) is 18.9. The van der Waals surface area contributed by atoms with E-state index in [1.54, 1.807) is 18.2 Å². The number of aromatic nitrogens is 1. The minimum atomic E-state index is -0.213. The van der Waals surface area contributed by atoms with Crippen molar-refractivity contribution in [3.63, 3.8) is 0 Å². The zero-order chi connectivity index (χ0) is 20.3. The number of hydrogen-bond donors (Lipinski definition) is 2. The van der Waals surface area contributed by atoms with Crippen LogP contribution in [-0.2, 0) is 4.74 Å². The van der Waals surface area contributed by atoms with E-state index in [0.29, 0.717) is 39.4 Å². The molecule has 0 radical (unpaired) electrons. The van der Waals surface area contributed by atoms with Crippen molar-refractivity contribution >= 4 is 28.1 Å². The highest BCUT2D eigenvalue weighted by Crippen LogP contribution is 2.36. The maximum Gasteiger partial charge on any atom is 0.268 e. The Bertz CT molecular complexity index is 1050. The minimum absolute atomic E-state index is 0.194. The molecule has 0 aliphatic carbocycles. The Labute approximate surface area is 178 Å². The van der Waals surface area contributed by atoms with E-state index >= 15 is 0 Å². The number of amides is 1. The van der Waals surface area contributed by atoms with Gasteiger partial charge in [-0.15, -0.1) is 0 Å². The lowest BCUT2D eigenvalue weighted by Gasteiger charge is -2.09. The normalized spacial score (nSPS) is 17.1. The van der Waals surface area contributed by atoms with Gasteiger partial charge in [0, 0.05) is 30.5 Å². The molecule has 2 aliphatic rings. The summed E-state index contributed by atoms with van der Waals surface area (Å²) in [4.78, 5) is 18.4. The van der Waals surface area contributed by atoms with Crippen molar-refractivity contribution in [2.24, 2.45) is 0 Å². The summed E-state index contributed by atoms with van der Waals surface area (Å²) in [5.74, 6) is 1.09. The van der Waals surface area contributed by atoms with Crippen molar-refractivity contribution in [3.05, 3.63) is 53.4 Å². The van der Waals surface area contributed by atoms with Crippen LogP contribution in [0.15, 0.2) is 48.5 Å². The van der Waals surface area contributed by atoms with Gasteiger partial charge in [-0.25, -0.2) is 4.98 Å². The van der Waals surface area contributed by atoms with Crippen LogP contribution in [0.5, 0.6) is 11.5 Å². The Hall–Kier alpha value is -3.10. The quantitative estimate of drug-likeness (QED) is 0.612. The molecular weight excluding hydrogens is 402 g/mol. The lowest BCUT2D eigenvalue weighted by molar-refractivity contribution is 0.103. The van der Waals surface area contributed by atoms with E-state index < -0.39 is 0 Å². The molecule has 1 fully saturated rings. The molecule has 154 valence electrons. The predicted octanol–water partition coefficient (Wildman–Crippen LogP) is 4.38. The lowest BCUT2D eigenvalue weighted by Crippen LogP contribution is -2.18. The number of hydrogen-bond acceptors (Lipinski definition) is 7. The Morgan fingerprint density at radius 3 is 2.83 bits per heavy atom. The van der Waals surface area contributed by atoms with E-state index in [9.17, 15) is 4.79 Å². The van der Waals surface area contributed by atoms with Crippen molar-refractivity contribution in [1.29, 1.82) is 0 Å². The average molecular weight is 423 g/mol.